The summed E-state index contributed by atoms with van der Waals surface area (Å²) in [7, 11) is 0. The van der Waals surface area contributed by atoms with Crippen LogP contribution in [0.3, 0.4) is 0 Å². The maximum atomic E-state index is 11.5. The summed E-state index contributed by atoms with van der Waals surface area (Å²) in [6, 6.07) is 0. The molecule has 1 rings (SSSR count). The van der Waals surface area contributed by atoms with Crippen LogP contribution in [0, 0.1) is 0 Å². The number of aromatic nitrogens is 2. The molecule has 1 aromatic heterocycles. The standard InChI is InChI=1S/C11H11N3O2/c1-3-10(15)14(4-2)11(16)6-5-9-12-7-8-13-9/h3-8H,1-2H2,(H,12,13). The van der Waals surface area contributed by atoms with Crippen molar-refractivity contribution in [3.63, 3.8) is 0 Å². The molecule has 0 unspecified atom stereocenters. The third-order valence-corrected chi connectivity index (χ3v) is 1.74. The maximum Gasteiger partial charge on any atom is 0.257 e. The lowest BCUT2D eigenvalue weighted by molar-refractivity contribution is -0.135. The molecule has 1 aromatic rings. The van der Waals surface area contributed by atoms with Gasteiger partial charge < -0.3 is 4.98 Å². The van der Waals surface area contributed by atoms with Crippen LogP contribution in [0.1, 0.15) is 5.82 Å². The highest BCUT2D eigenvalue weighted by molar-refractivity contribution is 6.07. The Labute approximate surface area is 92.8 Å². The second-order valence-corrected chi connectivity index (χ2v) is 2.74. The van der Waals surface area contributed by atoms with Gasteiger partial charge in [-0.2, -0.15) is 0 Å². The average molecular weight is 217 g/mol. The summed E-state index contributed by atoms with van der Waals surface area (Å²) in [4.78, 5) is 30.3. The van der Waals surface area contributed by atoms with Gasteiger partial charge in [0.2, 0.25) is 0 Å². The van der Waals surface area contributed by atoms with Gasteiger partial charge in [0, 0.05) is 24.7 Å². The van der Waals surface area contributed by atoms with Crippen LogP contribution in [0.15, 0.2) is 43.9 Å². The summed E-state index contributed by atoms with van der Waals surface area (Å²) in [6.07, 6.45) is 8.06. The van der Waals surface area contributed by atoms with Crippen LogP contribution in [0.4, 0.5) is 0 Å². The molecule has 2 amide bonds. The lowest BCUT2D eigenvalue weighted by Crippen LogP contribution is -2.28. The first-order chi connectivity index (χ1) is 7.69. The van der Waals surface area contributed by atoms with E-state index in [-0.39, 0.29) is 0 Å². The number of imidazole rings is 1. The van der Waals surface area contributed by atoms with Crippen LogP contribution in [0.5, 0.6) is 0 Å². The number of rotatable bonds is 4. The summed E-state index contributed by atoms with van der Waals surface area (Å²) in [5.74, 6) is -0.496. The largest absolute Gasteiger partial charge is 0.345 e. The highest BCUT2D eigenvalue weighted by Crippen LogP contribution is 1.98. The molecular weight excluding hydrogens is 206 g/mol. The van der Waals surface area contributed by atoms with Crippen LogP contribution in [-0.2, 0) is 9.59 Å². The van der Waals surface area contributed by atoms with E-state index in [1.165, 1.54) is 12.2 Å². The molecule has 5 heteroatoms. The fraction of sp³-hybridized carbons (Fsp3) is 0. The van der Waals surface area contributed by atoms with Gasteiger partial charge in [0.05, 0.1) is 0 Å². The Balaban J connectivity index is 2.74. The first-order valence-corrected chi connectivity index (χ1v) is 4.48. The molecule has 5 nitrogen and oxygen atoms in total. The summed E-state index contributed by atoms with van der Waals surface area (Å²) in [5.41, 5.74) is 0. The van der Waals surface area contributed by atoms with Gasteiger partial charge in [-0.1, -0.05) is 13.2 Å². The van der Waals surface area contributed by atoms with Gasteiger partial charge in [-0.05, 0) is 12.2 Å². The number of carbonyl (C=O) groups is 2. The van der Waals surface area contributed by atoms with Gasteiger partial charge in [0.1, 0.15) is 5.82 Å². The highest BCUT2D eigenvalue weighted by Gasteiger charge is 2.12. The molecule has 0 spiro atoms. The van der Waals surface area contributed by atoms with Crippen LogP contribution < -0.4 is 0 Å². The van der Waals surface area contributed by atoms with E-state index < -0.39 is 11.8 Å². The third-order valence-electron chi connectivity index (χ3n) is 1.74. The average Bonchev–Trinajstić information content (AvgIpc) is 2.79. The van der Waals surface area contributed by atoms with Gasteiger partial charge in [0.15, 0.2) is 0 Å². The van der Waals surface area contributed by atoms with Crippen molar-refractivity contribution < 1.29 is 9.59 Å². The van der Waals surface area contributed by atoms with Crippen molar-refractivity contribution in [3.05, 3.63) is 49.7 Å². The van der Waals surface area contributed by atoms with Crippen LogP contribution in [-0.4, -0.2) is 26.7 Å². The van der Waals surface area contributed by atoms with E-state index in [1.54, 1.807) is 12.4 Å². The number of nitrogens with one attached hydrogen (secondary N) is 1. The molecule has 1 heterocycles. The lowest BCUT2D eigenvalue weighted by Gasteiger charge is -2.10. The van der Waals surface area contributed by atoms with E-state index in [9.17, 15) is 9.59 Å². The zero-order valence-electron chi connectivity index (χ0n) is 8.59. The predicted octanol–water partition coefficient (Wildman–Crippen LogP) is 1.11. The molecule has 0 radical (unpaired) electrons. The number of H-pyrrole nitrogens is 1. The van der Waals surface area contributed by atoms with Crippen molar-refractivity contribution >= 4 is 17.9 Å². The normalized spacial score (nSPS) is 10.0. The van der Waals surface area contributed by atoms with E-state index in [0.29, 0.717) is 5.82 Å². The van der Waals surface area contributed by atoms with Crippen molar-refractivity contribution in [1.82, 2.24) is 14.9 Å². The number of nitrogens with zero attached hydrogens (tertiary/aromatic N) is 2. The van der Waals surface area contributed by atoms with Gasteiger partial charge in [0.25, 0.3) is 11.8 Å². The second kappa shape index (κ2) is 5.45. The molecule has 1 N–H and O–H groups in total. The Kier molecular flexibility index (Phi) is 3.97. The molecule has 0 aliphatic carbocycles. The van der Waals surface area contributed by atoms with Gasteiger partial charge in [-0.25, -0.2) is 4.98 Å². The number of hydrogen-bond acceptors (Lipinski definition) is 3. The van der Waals surface area contributed by atoms with Crippen LogP contribution in [0.2, 0.25) is 0 Å². The first kappa shape index (κ1) is 11.6. The smallest absolute Gasteiger partial charge is 0.257 e. The first-order valence-electron chi connectivity index (χ1n) is 4.48. The molecule has 0 saturated heterocycles. The molecule has 0 aliphatic rings. The zero-order chi connectivity index (χ0) is 12.0. The minimum Gasteiger partial charge on any atom is -0.345 e. The van der Waals surface area contributed by atoms with E-state index >= 15 is 0 Å². The summed E-state index contributed by atoms with van der Waals surface area (Å²) < 4.78 is 0. The lowest BCUT2D eigenvalue weighted by atomic mass is 10.4. The Morgan fingerprint density at radius 2 is 2.12 bits per heavy atom. The van der Waals surface area contributed by atoms with Crippen molar-refractivity contribution in [2.75, 3.05) is 0 Å². The molecule has 0 bridgehead atoms. The van der Waals surface area contributed by atoms with E-state index in [1.807, 2.05) is 0 Å². The molecule has 0 aliphatic heterocycles. The Hall–Kier alpha value is -2.43. The molecule has 16 heavy (non-hydrogen) atoms. The summed E-state index contributed by atoms with van der Waals surface area (Å²) in [6.45, 7) is 6.66. The van der Waals surface area contributed by atoms with Crippen LogP contribution >= 0.6 is 0 Å². The maximum absolute atomic E-state index is 11.5. The number of amides is 2. The Morgan fingerprint density at radius 3 is 2.62 bits per heavy atom. The van der Waals surface area contributed by atoms with E-state index in [4.69, 9.17) is 0 Å². The van der Waals surface area contributed by atoms with E-state index in [2.05, 4.69) is 23.1 Å². The van der Waals surface area contributed by atoms with Crippen molar-refractivity contribution in [3.8, 4) is 0 Å². The fourth-order valence-electron chi connectivity index (χ4n) is 0.986. The topological polar surface area (TPSA) is 66.1 Å². The summed E-state index contributed by atoms with van der Waals surface area (Å²) in [5, 5.41) is 0. The van der Waals surface area contributed by atoms with E-state index in [0.717, 1.165) is 17.2 Å². The fourth-order valence-corrected chi connectivity index (χ4v) is 0.986. The SMILES string of the molecule is C=CC(=O)N(C=C)C(=O)C=Cc1ncc[nH]1. The second-order valence-electron chi connectivity index (χ2n) is 2.74. The quantitative estimate of drug-likeness (QED) is 0.768. The van der Waals surface area contributed by atoms with Gasteiger partial charge in [-0.3, -0.25) is 14.5 Å². The molecule has 0 atom stereocenters. The zero-order valence-corrected chi connectivity index (χ0v) is 8.59. The predicted molar refractivity (Wildman–Crippen MR) is 59.9 cm³/mol. The Bertz CT molecular complexity index is 432. The monoisotopic (exact) mass is 217 g/mol. The summed E-state index contributed by atoms with van der Waals surface area (Å²) >= 11 is 0. The van der Waals surface area contributed by atoms with Crippen molar-refractivity contribution in [2.24, 2.45) is 0 Å². The van der Waals surface area contributed by atoms with Gasteiger partial charge in [-0.15, -0.1) is 0 Å². The third kappa shape index (κ3) is 2.78. The van der Waals surface area contributed by atoms with Crippen molar-refractivity contribution in [1.29, 1.82) is 0 Å². The molecule has 0 fully saturated rings. The van der Waals surface area contributed by atoms with Crippen molar-refractivity contribution in [2.45, 2.75) is 0 Å². The number of imide groups is 1. The minimum absolute atomic E-state index is 0.503. The Morgan fingerprint density at radius 1 is 1.38 bits per heavy atom. The number of carbonyl (C=O) groups excluding carboxylic acids is 2. The highest BCUT2D eigenvalue weighted by atomic mass is 16.2. The molecule has 0 saturated carbocycles. The van der Waals surface area contributed by atoms with Crippen LogP contribution in [0.25, 0.3) is 6.08 Å². The minimum atomic E-state index is -0.524. The molecular formula is C11H11N3O2. The molecule has 0 aromatic carbocycles. The number of hydrogen-bond donors (Lipinski definition) is 1. The molecule has 82 valence electrons. The number of aromatic amines is 1. The van der Waals surface area contributed by atoms with Gasteiger partial charge >= 0.3 is 0 Å².